The van der Waals surface area contributed by atoms with Crippen LogP contribution in [0, 0.1) is 31.8 Å². The first-order valence-corrected chi connectivity index (χ1v) is 10.2. The molecule has 1 atom stereocenters. The van der Waals surface area contributed by atoms with E-state index in [1.54, 1.807) is 4.90 Å². The average Bonchev–Trinajstić information content (AvgIpc) is 3.05. The number of hydrogen-bond acceptors (Lipinski definition) is 2. The Bertz CT molecular complexity index is 1100. The van der Waals surface area contributed by atoms with Crippen molar-refractivity contribution in [3.8, 4) is 0 Å². The van der Waals surface area contributed by atoms with Crippen LogP contribution in [0.25, 0.3) is 4.85 Å². The molecule has 1 saturated heterocycles. The lowest BCUT2D eigenvalue weighted by molar-refractivity contribution is -0.137. The minimum absolute atomic E-state index is 0.0566. The van der Waals surface area contributed by atoms with Crippen LogP contribution < -0.4 is 10.2 Å². The van der Waals surface area contributed by atoms with Gasteiger partial charge in [-0.2, -0.15) is 13.2 Å². The topological polar surface area (TPSA) is 53.8 Å². The predicted octanol–water partition coefficient (Wildman–Crippen LogP) is 5.89. The Morgan fingerprint density at radius 3 is 2.34 bits per heavy atom. The highest BCUT2D eigenvalue weighted by atomic mass is 19.4. The number of alkyl halides is 3. The first-order chi connectivity index (χ1) is 14.9. The molecule has 2 aromatic carbocycles. The third-order valence-electron chi connectivity index (χ3n) is 6.11. The summed E-state index contributed by atoms with van der Waals surface area (Å²) in [5.41, 5.74) is 0.0675. The molecule has 0 aromatic heterocycles. The number of aryl methyl sites for hydroxylation is 2. The van der Waals surface area contributed by atoms with Crippen LogP contribution in [0.3, 0.4) is 0 Å². The highest BCUT2D eigenvalue weighted by Crippen LogP contribution is 2.43. The zero-order valence-electron chi connectivity index (χ0n) is 18.3. The number of para-hydroxylation sites is 1. The molecule has 0 unspecified atom stereocenters. The summed E-state index contributed by atoms with van der Waals surface area (Å²) in [6.45, 7) is 14.6. The molecule has 168 valence electrons. The Balaban J connectivity index is 1.97. The minimum atomic E-state index is -4.65. The second-order valence-corrected chi connectivity index (χ2v) is 8.54. The maximum atomic E-state index is 13.4. The number of nitrogens with one attached hydrogen (secondary N) is 1. The van der Waals surface area contributed by atoms with Crippen molar-refractivity contribution < 1.29 is 22.8 Å². The van der Waals surface area contributed by atoms with E-state index in [-0.39, 0.29) is 36.2 Å². The van der Waals surface area contributed by atoms with Crippen LogP contribution >= 0.6 is 0 Å². The van der Waals surface area contributed by atoms with E-state index in [4.69, 9.17) is 6.57 Å². The molecule has 0 radical (unpaired) electrons. The van der Waals surface area contributed by atoms with Gasteiger partial charge in [-0.3, -0.25) is 9.59 Å². The molecular formula is C24H24F3N3O2. The predicted molar refractivity (Wildman–Crippen MR) is 116 cm³/mol. The molecule has 1 aliphatic heterocycles. The van der Waals surface area contributed by atoms with Gasteiger partial charge in [-0.15, -0.1) is 0 Å². The summed E-state index contributed by atoms with van der Waals surface area (Å²) in [5, 5.41) is 2.55. The van der Waals surface area contributed by atoms with Crippen LogP contribution in [0.5, 0.6) is 0 Å². The van der Waals surface area contributed by atoms with Gasteiger partial charge in [0.1, 0.15) is 0 Å². The van der Waals surface area contributed by atoms with Crippen molar-refractivity contribution in [2.75, 3.05) is 16.8 Å². The van der Waals surface area contributed by atoms with Crippen molar-refractivity contribution in [3.63, 3.8) is 0 Å². The first kappa shape index (κ1) is 23.3. The third kappa shape index (κ3) is 4.20. The summed E-state index contributed by atoms with van der Waals surface area (Å²) < 4.78 is 39.7. The van der Waals surface area contributed by atoms with Crippen molar-refractivity contribution in [1.29, 1.82) is 0 Å². The van der Waals surface area contributed by atoms with Crippen LogP contribution in [-0.2, 0) is 15.8 Å². The van der Waals surface area contributed by atoms with E-state index in [1.165, 1.54) is 6.07 Å². The lowest BCUT2D eigenvalue weighted by atomic mass is 9.75. The molecular weight excluding hydrogens is 419 g/mol. The number of hydrogen-bond donors (Lipinski definition) is 1. The molecule has 5 nitrogen and oxygen atoms in total. The fourth-order valence-corrected chi connectivity index (χ4v) is 4.19. The molecule has 1 aliphatic rings. The summed E-state index contributed by atoms with van der Waals surface area (Å²) in [6, 6.07) is 8.41. The van der Waals surface area contributed by atoms with Crippen molar-refractivity contribution in [2.45, 2.75) is 40.3 Å². The molecule has 1 N–H and O–H groups in total. The van der Waals surface area contributed by atoms with E-state index in [1.807, 2.05) is 45.9 Å². The Morgan fingerprint density at radius 1 is 1.19 bits per heavy atom. The highest BCUT2D eigenvalue weighted by Gasteiger charge is 2.51. The van der Waals surface area contributed by atoms with Gasteiger partial charge < -0.3 is 10.2 Å². The minimum Gasteiger partial charge on any atom is -0.327 e. The lowest BCUT2D eigenvalue weighted by Crippen LogP contribution is -2.43. The quantitative estimate of drug-likeness (QED) is 0.599. The fraction of sp³-hybridized carbons (Fsp3) is 0.375. The van der Waals surface area contributed by atoms with Gasteiger partial charge in [0.25, 0.3) is 0 Å². The van der Waals surface area contributed by atoms with Gasteiger partial charge in [0.2, 0.25) is 11.8 Å². The van der Waals surface area contributed by atoms with E-state index >= 15 is 0 Å². The molecule has 0 spiro atoms. The maximum absolute atomic E-state index is 13.4. The van der Waals surface area contributed by atoms with E-state index in [2.05, 4.69) is 10.2 Å². The molecule has 2 aromatic rings. The van der Waals surface area contributed by atoms with Crippen LogP contribution in [0.4, 0.5) is 30.2 Å². The van der Waals surface area contributed by atoms with Gasteiger partial charge in [0.15, 0.2) is 5.69 Å². The Morgan fingerprint density at radius 2 is 1.81 bits per heavy atom. The molecule has 0 saturated carbocycles. The fourth-order valence-electron chi connectivity index (χ4n) is 4.19. The largest absolute Gasteiger partial charge is 0.415 e. The SMILES string of the molecule is [C-]#[N+]c1cc(NC(=O)[C@@]2(C(C)C)CC(=O)N(c3c(C)cccc3C)C2)cc(C(F)(F)F)c1. The molecule has 1 heterocycles. The number of anilines is 2. The van der Waals surface area contributed by atoms with Crippen LogP contribution in [0.1, 0.15) is 37.0 Å². The summed E-state index contributed by atoms with van der Waals surface area (Å²) in [5.74, 6) is -1.01. The van der Waals surface area contributed by atoms with Crippen molar-refractivity contribution >= 4 is 28.9 Å². The number of nitrogens with zero attached hydrogens (tertiary/aromatic N) is 2. The second-order valence-electron chi connectivity index (χ2n) is 8.54. The zero-order chi connectivity index (χ0) is 23.8. The maximum Gasteiger partial charge on any atom is 0.415 e. The third-order valence-corrected chi connectivity index (χ3v) is 6.11. The number of carbonyl (C=O) groups excluding carboxylic acids is 2. The summed E-state index contributed by atoms with van der Waals surface area (Å²) in [7, 11) is 0. The van der Waals surface area contributed by atoms with Crippen LogP contribution in [0.2, 0.25) is 0 Å². The monoisotopic (exact) mass is 443 g/mol. The number of benzene rings is 2. The van der Waals surface area contributed by atoms with Crippen LogP contribution in [0.15, 0.2) is 36.4 Å². The van der Waals surface area contributed by atoms with Crippen molar-refractivity contribution in [1.82, 2.24) is 0 Å². The zero-order valence-corrected chi connectivity index (χ0v) is 18.3. The lowest BCUT2D eigenvalue weighted by Gasteiger charge is -2.32. The molecule has 2 amide bonds. The number of amides is 2. The van der Waals surface area contributed by atoms with Gasteiger partial charge in [-0.1, -0.05) is 32.0 Å². The molecule has 8 heteroatoms. The van der Waals surface area contributed by atoms with Crippen molar-refractivity contribution in [3.05, 3.63) is 64.5 Å². The van der Waals surface area contributed by atoms with Gasteiger partial charge in [0, 0.05) is 29.9 Å². The number of halogens is 3. The van der Waals surface area contributed by atoms with E-state index in [0.29, 0.717) is 0 Å². The van der Waals surface area contributed by atoms with Crippen LogP contribution in [-0.4, -0.2) is 18.4 Å². The molecule has 0 aliphatic carbocycles. The van der Waals surface area contributed by atoms with E-state index < -0.39 is 23.1 Å². The Labute approximate surface area is 185 Å². The number of carbonyl (C=O) groups is 2. The molecule has 3 rings (SSSR count). The molecule has 1 fully saturated rings. The van der Waals surface area contributed by atoms with Gasteiger partial charge in [0.05, 0.1) is 12.0 Å². The second kappa shape index (κ2) is 8.30. The summed E-state index contributed by atoms with van der Waals surface area (Å²) in [4.78, 5) is 31.1. The van der Waals surface area contributed by atoms with Gasteiger partial charge in [-0.05, 0) is 49.1 Å². The highest BCUT2D eigenvalue weighted by molar-refractivity contribution is 6.06. The number of rotatable bonds is 4. The summed E-state index contributed by atoms with van der Waals surface area (Å²) >= 11 is 0. The first-order valence-electron chi connectivity index (χ1n) is 10.2. The van der Waals surface area contributed by atoms with Gasteiger partial charge >= 0.3 is 6.18 Å². The average molecular weight is 443 g/mol. The molecule has 32 heavy (non-hydrogen) atoms. The van der Waals surface area contributed by atoms with E-state index in [9.17, 15) is 22.8 Å². The Hall–Kier alpha value is -3.34. The van der Waals surface area contributed by atoms with Crippen molar-refractivity contribution in [2.24, 2.45) is 11.3 Å². The Kier molecular flexibility index (Phi) is 6.05. The standard InChI is InChI=1S/C24H24F3N3O2/c1-14(2)23(12-20(31)30(13-23)21-15(3)7-6-8-16(21)4)22(32)29-19-10-17(24(25,26)27)9-18(11-19)28-5/h6-11,14H,12-13H2,1-4H3,(H,29,32)/t23-/m0/s1. The van der Waals surface area contributed by atoms with Gasteiger partial charge in [-0.25, -0.2) is 4.85 Å². The normalized spacial score (nSPS) is 18.7. The van der Waals surface area contributed by atoms with E-state index in [0.717, 1.165) is 28.9 Å². The smallest absolute Gasteiger partial charge is 0.327 e. The summed E-state index contributed by atoms with van der Waals surface area (Å²) in [6.07, 6.45) is -4.71. The molecule has 0 bridgehead atoms.